The van der Waals surface area contributed by atoms with Crippen molar-refractivity contribution < 1.29 is 9.52 Å². The van der Waals surface area contributed by atoms with E-state index in [9.17, 15) is 5.11 Å². The van der Waals surface area contributed by atoms with Crippen LogP contribution in [0.4, 0.5) is 0 Å². The average Bonchev–Trinajstić information content (AvgIpc) is 2.62. The zero-order valence-electron chi connectivity index (χ0n) is 9.20. The lowest BCUT2D eigenvalue weighted by molar-refractivity contribution is 0.187. The van der Waals surface area contributed by atoms with Crippen LogP contribution in [0.2, 0.25) is 0 Å². The lowest BCUT2D eigenvalue weighted by Gasteiger charge is -2.10. The van der Waals surface area contributed by atoms with E-state index in [4.69, 9.17) is 4.42 Å². The number of aliphatic hydroxyl groups is 1. The Morgan fingerprint density at radius 1 is 1.12 bits per heavy atom. The normalized spacial score (nSPS) is 12.8. The quantitative estimate of drug-likeness (QED) is 0.909. The molecular formula is C13H13BrO2. The molecule has 84 valence electrons. The first kappa shape index (κ1) is 11.4. The maximum atomic E-state index is 10.1. The molecule has 1 unspecified atom stereocenters. The number of aryl methyl sites for hydroxylation is 2. The number of benzene rings is 1. The molecule has 0 aliphatic heterocycles. The van der Waals surface area contributed by atoms with Gasteiger partial charge in [-0.1, -0.05) is 29.3 Å². The summed E-state index contributed by atoms with van der Waals surface area (Å²) in [7, 11) is 0. The summed E-state index contributed by atoms with van der Waals surface area (Å²) in [6.45, 7) is 4.03. The molecule has 2 aromatic rings. The molecule has 16 heavy (non-hydrogen) atoms. The molecule has 0 saturated heterocycles. The van der Waals surface area contributed by atoms with Gasteiger partial charge in [0.2, 0.25) is 0 Å². The van der Waals surface area contributed by atoms with E-state index >= 15 is 0 Å². The molecule has 2 rings (SSSR count). The summed E-state index contributed by atoms with van der Waals surface area (Å²) >= 11 is 3.22. The Balaban J connectivity index is 2.37. The summed E-state index contributed by atoms with van der Waals surface area (Å²) in [4.78, 5) is 0. The van der Waals surface area contributed by atoms with E-state index in [1.54, 1.807) is 12.1 Å². The highest BCUT2D eigenvalue weighted by Crippen LogP contribution is 2.27. The second-order valence-corrected chi connectivity index (χ2v) is 4.75. The number of rotatable bonds is 2. The van der Waals surface area contributed by atoms with Crippen molar-refractivity contribution in [2.45, 2.75) is 20.0 Å². The van der Waals surface area contributed by atoms with Gasteiger partial charge in [0, 0.05) is 0 Å². The van der Waals surface area contributed by atoms with Crippen molar-refractivity contribution in [3.63, 3.8) is 0 Å². The fourth-order valence-corrected chi connectivity index (χ4v) is 2.13. The van der Waals surface area contributed by atoms with Gasteiger partial charge in [-0.15, -0.1) is 0 Å². The van der Waals surface area contributed by atoms with Crippen LogP contribution in [-0.4, -0.2) is 5.11 Å². The molecule has 1 aromatic carbocycles. The smallest absolute Gasteiger partial charge is 0.169 e. The van der Waals surface area contributed by atoms with Crippen molar-refractivity contribution >= 4 is 15.9 Å². The highest BCUT2D eigenvalue weighted by molar-refractivity contribution is 9.10. The minimum Gasteiger partial charge on any atom is -0.451 e. The molecule has 0 radical (unpaired) electrons. The van der Waals surface area contributed by atoms with Gasteiger partial charge < -0.3 is 9.52 Å². The van der Waals surface area contributed by atoms with Gasteiger partial charge in [-0.25, -0.2) is 0 Å². The molecule has 0 amide bonds. The molecule has 1 aromatic heterocycles. The Hall–Kier alpha value is -1.06. The first-order chi connectivity index (χ1) is 7.56. The van der Waals surface area contributed by atoms with Crippen LogP contribution in [-0.2, 0) is 0 Å². The van der Waals surface area contributed by atoms with E-state index in [2.05, 4.69) is 22.0 Å². The molecule has 1 atom stereocenters. The molecule has 0 fully saturated rings. The Kier molecular flexibility index (Phi) is 3.17. The van der Waals surface area contributed by atoms with Gasteiger partial charge in [0.05, 0.1) is 0 Å². The Morgan fingerprint density at radius 2 is 1.75 bits per heavy atom. The minimum absolute atomic E-state index is 0.553. The Labute approximate surface area is 103 Å². The molecule has 0 saturated carbocycles. The average molecular weight is 281 g/mol. The lowest BCUT2D eigenvalue weighted by atomic mass is 10.0. The zero-order valence-corrected chi connectivity index (χ0v) is 10.8. The van der Waals surface area contributed by atoms with E-state index in [1.165, 1.54) is 0 Å². The zero-order chi connectivity index (χ0) is 11.7. The van der Waals surface area contributed by atoms with Gasteiger partial charge in [0.1, 0.15) is 11.9 Å². The Morgan fingerprint density at radius 3 is 2.25 bits per heavy atom. The number of halogens is 1. The van der Waals surface area contributed by atoms with Gasteiger partial charge in [0.15, 0.2) is 4.67 Å². The highest BCUT2D eigenvalue weighted by atomic mass is 79.9. The highest BCUT2D eigenvalue weighted by Gasteiger charge is 2.14. The molecular weight excluding hydrogens is 268 g/mol. The number of aliphatic hydroxyl groups excluding tert-OH is 1. The summed E-state index contributed by atoms with van der Waals surface area (Å²) in [5.74, 6) is 0.553. The molecule has 3 heteroatoms. The lowest BCUT2D eigenvalue weighted by Crippen LogP contribution is -1.99. The van der Waals surface area contributed by atoms with Gasteiger partial charge in [0.25, 0.3) is 0 Å². The van der Waals surface area contributed by atoms with Crippen LogP contribution in [0.15, 0.2) is 39.4 Å². The first-order valence-corrected chi connectivity index (χ1v) is 5.87. The molecule has 0 aliphatic carbocycles. The predicted molar refractivity (Wildman–Crippen MR) is 66.4 cm³/mol. The van der Waals surface area contributed by atoms with Gasteiger partial charge in [-0.05, 0) is 47.5 Å². The largest absolute Gasteiger partial charge is 0.451 e. The van der Waals surface area contributed by atoms with E-state index in [0.717, 1.165) is 16.7 Å². The first-order valence-electron chi connectivity index (χ1n) is 5.08. The second kappa shape index (κ2) is 4.44. The van der Waals surface area contributed by atoms with Crippen molar-refractivity contribution in [1.29, 1.82) is 0 Å². The van der Waals surface area contributed by atoms with Crippen molar-refractivity contribution in [3.05, 3.63) is 57.5 Å². The van der Waals surface area contributed by atoms with Crippen LogP contribution in [0.25, 0.3) is 0 Å². The summed E-state index contributed by atoms with van der Waals surface area (Å²) in [6.07, 6.45) is -0.704. The standard InChI is InChI=1S/C13H13BrO2/c1-8-5-9(2)7-10(6-8)13(15)11-3-4-12(14)16-11/h3-7,13,15H,1-2H3. The maximum Gasteiger partial charge on any atom is 0.169 e. The van der Waals surface area contributed by atoms with E-state index < -0.39 is 6.10 Å². The van der Waals surface area contributed by atoms with Crippen molar-refractivity contribution in [2.75, 3.05) is 0 Å². The van der Waals surface area contributed by atoms with Crippen LogP contribution < -0.4 is 0 Å². The van der Waals surface area contributed by atoms with Crippen LogP contribution >= 0.6 is 15.9 Å². The predicted octanol–water partition coefficient (Wildman–Crippen LogP) is 3.74. The summed E-state index contributed by atoms with van der Waals surface area (Å²) in [5.41, 5.74) is 3.14. The van der Waals surface area contributed by atoms with Crippen molar-refractivity contribution in [1.82, 2.24) is 0 Å². The number of hydrogen-bond donors (Lipinski definition) is 1. The van der Waals surface area contributed by atoms with Gasteiger partial charge >= 0.3 is 0 Å². The van der Waals surface area contributed by atoms with E-state index in [1.807, 2.05) is 26.0 Å². The van der Waals surface area contributed by atoms with Crippen LogP contribution in [0.3, 0.4) is 0 Å². The second-order valence-electron chi connectivity index (χ2n) is 3.97. The topological polar surface area (TPSA) is 33.4 Å². The Bertz CT molecular complexity index is 482. The molecule has 1 heterocycles. The third-order valence-corrected chi connectivity index (χ3v) is 2.85. The summed E-state index contributed by atoms with van der Waals surface area (Å²) < 4.78 is 5.98. The molecule has 1 N–H and O–H groups in total. The third-order valence-electron chi connectivity index (χ3n) is 2.42. The summed E-state index contributed by atoms with van der Waals surface area (Å²) in [5, 5.41) is 10.1. The number of furan rings is 1. The molecule has 2 nitrogen and oxygen atoms in total. The fourth-order valence-electron chi connectivity index (χ4n) is 1.81. The van der Waals surface area contributed by atoms with Gasteiger partial charge in [-0.3, -0.25) is 0 Å². The fraction of sp³-hybridized carbons (Fsp3) is 0.231. The van der Waals surface area contributed by atoms with Crippen LogP contribution in [0, 0.1) is 13.8 Å². The SMILES string of the molecule is Cc1cc(C)cc(C(O)c2ccc(Br)o2)c1. The summed E-state index contributed by atoms with van der Waals surface area (Å²) in [6, 6.07) is 9.56. The monoisotopic (exact) mass is 280 g/mol. The van der Waals surface area contributed by atoms with E-state index in [-0.39, 0.29) is 0 Å². The molecule has 0 spiro atoms. The van der Waals surface area contributed by atoms with Crippen molar-refractivity contribution in [3.8, 4) is 0 Å². The maximum absolute atomic E-state index is 10.1. The molecule has 0 bridgehead atoms. The van der Waals surface area contributed by atoms with Crippen LogP contribution in [0.5, 0.6) is 0 Å². The van der Waals surface area contributed by atoms with E-state index in [0.29, 0.717) is 10.4 Å². The van der Waals surface area contributed by atoms with Gasteiger partial charge in [-0.2, -0.15) is 0 Å². The minimum atomic E-state index is -0.704. The number of hydrogen-bond acceptors (Lipinski definition) is 2. The molecule has 0 aliphatic rings. The third kappa shape index (κ3) is 2.36. The van der Waals surface area contributed by atoms with Crippen molar-refractivity contribution in [2.24, 2.45) is 0 Å². The van der Waals surface area contributed by atoms with Crippen LogP contribution in [0.1, 0.15) is 28.6 Å².